The van der Waals surface area contributed by atoms with Gasteiger partial charge in [-0.1, -0.05) is 5.21 Å². The molecule has 6 nitrogen and oxygen atoms in total. The average molecular weight is 290 g/mol. The molecule has 20 heavy (non-hydrogen) atoms. The molecule has 1 aromatic heterocycles. The molecule has 0 unspecified atom stereocenters. The van der Waals surface area contributed by atoms with Crippen molar-refractivity contribution in [3.63, 3.8) is 0 Å². The fraction of sp³-hybridized carbons (Fsp3) is 0.636. The lowest BCUT2D eigenvalue weighted by atomic mass is 10.3. The van der Waals surface area contributed by atoms with Crippen LogP contribution in [0.2, 0.25) is 0 Å². The van der Waals surface area contributed by atoms with Gasteiger partial charge < -0.3 is 4.90 Å². The Balaban J connectivity index is 2.02. The Morgan fingerprint density at radius 1 is 1.45 bits per heavy atom. The van der Waals surface area contributed by atoms with Crippen LogP contribution in [-0.2, 0) is 11.3 Å². The maximum atomic E-state index is 12.2. The van der Waals surface area contributed by atoms with Crippen LogP contribution in [0.5, 0.6) is 0 Å². The van der Waals surface area contributed by atoms with Crippen LogP contribution in [0.1, 0.15) is 30.3 Å². The van der Waals surface area contributed by atoms with Crippen molar-refractivity contribution in [3.8, 4) is 0 Å². The molecule has 2 rings (SSSR count). The summed E-state index contributed by atoms with van der Waals surface area (Å²) in [6.07, 6.45) is -2.27. The number of hydrogen-bond donors (Lipinski definition) is 0. The van der Waals surface area contributed by atoms with Crippen molar-refractivity contribution in [2.24, 2.45) is 0 Å². The van der Waals surface area contributed by atoms with Crippen LogP contribution in [0, 0.1) is 0 Å². The van der Waals surface area contributed by atoms with Gasteiger partial charge in [-0.2, -0.15) is 13.2 Å². The smallest absolute Gasteiger partial charge is 0.338 e. The number of hydrogen-bond acceptors (Lipinski definition) is 4. The summed E-state index contributed by atoms with van der Waals surface area (Å²) in [4.78, 5) is 24.5. The fourth-order valence-electron chi connectivity index (χ4n) is 1.88. The second-order valence-electron chi connectivity index (χ2n) is 4.54. The van der Waals surface area contributed by atoms with E-state index in [-0.39, 0.29) is 18.5 Å². The second kappa shape index (κ2) is 5.22. The number of halogens is 3. The van der Waals surface area contributed by atoms with E-state index in [0.29, 0.717) is 6.54 Å². The lowest BCUT2D eigenvalue weighted by Crippen LogP contribution is -2.35. The Labute approximate surface area is 112 Å². The number of alkyl halides is 3. The quantitative estimate of drug-likeness (QED) is 0.760. The number of carbonyl (C=O) groups is 2. The second-order valence-corrected chi connectivity index (χ2v) is 4.54. The number of nitrogens with zero attached hydrogens (tertiary/aromatic N) is 4. The van der Waals surface area contributed by atoms with E-state index in [2.05, 4.69) is 10.3 Å². The molecular formula is C11H13F3N4O2. The summed E-state index contributed by atoms with van der Waals surface area (Å²) in [6, 6.07) is 0.215. The summed E-state index contributed by atoms with van der Waals surface area (Å²) in [5.41, 5.74) is -0.806. The van der Waals surface area contributed by atoms with E-state index in [0.717, 1.165) is 23.7 Å². The van der Waals surface area contributed by atoms with Crippen molar-refractivity contribution in [1.29, 1.82) is 0 Å². The molecule has 0 spiro atoms. The Bertz CT molecular complexity index is 522. The summed E-state index contributed by atoms with van der Waals surface area (Å²) < 4.78 is 37.6. The van der Waals surface area contributed by atoms with Crippen LogP contribution in [0.3, 0.4) is 0 Å². The molecule has 0 aromatic carbocycles. The van der Waals surface area contributed by atoms with Gasteiger partial charge in [0.15, 0.2) is 5.69 Å². The van der Waals surface area contributed by atoms with Crippen LogP contribution in [0.4, 0.5) is 13.2 Å². The summed E-state index contributed by atoms with van der Waals surface area (Å²) in [5, 5.41) is 6.54. The van der Waals surface area contributed by atoms with Gasteiger partial charge in [0.2, 0.25) is 5.91 Å². The van der Waals surface area contributed by atoms with E-state index >= 15 is 0 Å². The van der Waals surface area contributed by atoms with Crippen LogP contribution >= 0.6 is 0 Å². The Kier molecular flexibility index (Phi) is 3.78. The monoisotopic (exact) mass is 290 g/mol. The SMILES string of the molecule is CCN(C(=O)Cn1cc(C(=O)C(F)(F)F)nn1)C1CC1. The van der Waals surface area contributed by atoms with Crippen LogP contribution in [0.15, 0.2) is 6.20 Å². The predicted octanol–water partition coefficient (Wildman–Crippen LogP) is 1.03. The molecule has 1 fully saturated rings. The van der Waals surface area contributed by atoms with Crippen molar-refractivity contribution in [3.05, 3.63) is 11.9 Å². The van der Waals surface area contributed by atoms with Crippen LogP contribution in [-0.4, -0.2) is 50.3 Å². The summed E-state index contributed by atoms with van der Waals surface area (Å²) in [5.74, 6) is -2.31. The molecule has 0 radical (unpaired) electrons. The minimum Gasteiger partial charge on any atom is -0.338 e. The summed E-state index contributed by atoms with van der Waals surface area (Å²) >= 11 is 0. The number of aromatic nitrogens is 3. The van der Waals surface area contributed by atoms with E-state index in [1.54, 1.807) is 4.90 Å². The number of carbonyl (C=O) groups excluding carboxylic acids is 2. The third kappa shape index (κ3) is 3.14. The highest BCUT2D eigenvalue weighted by atomic mass is 19.4. The van der Waals surface area contributed by atoms with Gasteiger partial charge >= 0.3 is 6.18 Å². The van der Waals surface area contributed by atoms with Gasteiger partial charge in [0.05, 0.1) is 6.20 Å². The maximum absolute atomic E-state index is 12.2. The molecule has 1 saturated carbocycles. The molecule has 0 aliphatic heterocycles. The minimum absolute atomic E-state index is 0.215. The first-order valence-corrected chi connectivity index (χ1v) is 6.14. The lowest BCUT2D eigenvalue weighted by Gasteiger charge is -2.19. The largest absolute Gasteiger partial charge is 0.456 e. The molecule has 0 saturated heterocycles. The van der Waals surface area contributed by atoms with Gasteiger partial charge in [0.25, 0.3) is 5.78 Å². The molecule has 0 atom stereocenters. The molecule has 1 amide bonds. The van der Waals surface area contributed by atoms with E-state index in [9.17, 15) is 22.8 Å². The van der Waals surface area contributed by atoms with E-state index in [1.807, 2.05) is 6.92 Å². The third-order valence-corrected chi connectivity index (χ3v) is 2.97. The van der Waals surface area contributed by atoms with Crippen molar-refractivity contribution in [2.45, 2.75) is 38.5 Å². The number of likely N-dealkylation sites (N-methyl/N-ethyl adjacent to an activating group) is 1. The van der Waals surface area contributed by atoms with Gasteiger partial charge in [0, 0.05) is 12.6 Å². The highest BCUT2D eigenvalue weighted by Gasteiger charge is 2.41. The van der Waals surface area contributed by atoms with Crippen LogP contribution < -0.4 is 0 Å². The molecule has 1 aliphatic carbocycles. The van der Waals surface area contributed by atoms with Gasteiger partial charge in [-0.05, 0) is 19.8 Å². The zero-order valence-corrected chi connectivity index (χ0v) is 10.7. The summed E-state index contributed by atoms with van der Waals surface area (Å²) in [6.45, 7) is 2.14. The number of ketones is 1. The predicted molar refractivity (Wildman–Crippen MR) is 60.8 cm³/mol. The van der Waals surface area contributed by atoms with E-state index in [1.165, 1.54) is 0 Å². The number of Topliss-reactive ketones (excluding diaryl/α,β-unsaturated/α-hetero) is 1. The molecule has 9 heteroatoms. The Morgan fingerprint density at radius 3 is 2.60 bits per heavy atom. The van der Waals surface area contributed by atoms with Crippen molar-refractivity contribution >= 4 is 11.7 Å². The Morgan fingerprint density at radius 2 is 2.10 bits per heavy atom. The maximum Gasteiger partial charge on any atom is 0.456 e. The van der Waals surface area contributed by atoms with E-state index < -0.39 is 17.7 Å². The minimum atomic E-state index is -4.99. The Hall–Kier alpha value is -1.93. The topological polar surface area (TPSA) is 68.1 Å². The van der Waals surface area contributed by atoms with Gasteiger partial charge in [-0.3, -0.25) is 9.59 Å². The fourth-order valence-corrected chi connectivity index (χ4v) is 1.88. The van der Waals surface area contributed by atoms with Crippen molar-refractivity contribution < 1.29 is 22.8 Å². The highest BCUT2D eigenvalue weighted by Crippen LogP contribution is 2.26. The first kappa shape index (κ1) is 14.5. The molecule has 1 aliphatic rings. The zero-order valence-electron chi connectivity index (χ0n) is 10.7. The molecule has 0 N–H and O–H groups in total. The standard InChI is InChI=1S/C11H13F3N4O2/c1-2-18(7-3-4-7)9(19)6-17-5-8(15-16-17)10(20)11(12,13)14/h5,7H,2-4,6H2,1H3. The van der Waals surface area contributed by atoms with Crippen molar-refractivity contribution in [1.82, 2.24) is 19.9 Å². The number of amides is 1. The van der Waals surface area contributed by atoms with Gasteiger partial charge in [-0.25, -0.2) is 4.68 Å². The average Bonchev–Trinajstić information content (AvgIpc) is 3.07. The third-order valence-electron chi connectivity index (χ3n) is 2.97. The van der Waals surface area contributed by atoms with Crippen molar-refractivity contribution in [2.75, 3.05) is 6.54 Å². The first-order valence-electron chi connectivity index (χ1n) is 6.14. The molecule has 1 aromatic rings. The number of rotatable bonds is 5. The first-order chi connectivity index (χ1) is 9.32. The molecular weight excluding hydrogens is 277 g/mol. The highest BCUT2D eigenvalue weighted by molar-refractivity contribution is 5.98. The van der Waals surface area contributed by atoms with E-state index in [4.69, 9.17) is 0 Å². The zero-order chi connectivity index (χ0) is 14.9. The normalized spacial score (nSPS) is 15.2. The van der Waals surface area contributed by atoms with Gasteiger partial charge in [0.1, 0.15) is 6.54 Å². The molecule has 110 valence electrons. The lowest BCUT2D eigenvalue weighted by molar-refractivity contribution is -0.132. The molecule has 0 bridgehead atoms. The van der Waals surface area contributed by atoms with Gasteiger partial charge in [-0.15, -0.1) is 5.10 Å². The van der Waals surface area contributed by atoms with Crippen LogP contribution in [0.25, 0.3) is 0 Å². The summed E-state index contributed by atoms with van der Waals surface area (Å²) in [7, 11) is 0. The molecule has 1 heterocycles.